The van der Waals surface area contributed by atoms with Gasteiger partial charge in [0, 0.05) is 11.0 Å². The Morgan fingerprint density at radius 3 is 3.00 bits per heavy atom. The maximum Gasteiger partial charge on any atom is 0.207 e. The molecule has 0 unspecified atom stereocenters. The van der Waals surface area contributed by atoms with Gasteiger partial charge in [-0.15, -0.1) is 0 Å². The number of rotatable bonds is 6. The summed E-state index contributed by atoms with van der Waals surface area (Å²) in [5, 5.41) is 2.59. The zero-order valence-corrected chi connectivity index (χ0v) is 10.2. The van der Waals surface area contributed by atoms with Crippen molar-refractivity contribution in [3.05, 3.63) is 28.2 Å². The minimum atomic E-state index is 0.614. The topological polar surface area (TPSA) is 38.3 Å². The van der Waals surface area contributed by atoms with E-state index in [0.717, 1.165) is 22.2 Å². The van der Waals surface area contributed by atoms with Gasteiger partial charge in [0.1, 0.15) is 5.75 Å². The van der Waals surface area contributed by atoms with Crippen molar-refractivity contribution in [1.82, 2.24) is 5.32 Å². The van der Waals surface area contributed by atoms with E-state index in [1.54, 1.807) is 0 Å². The Kier molecular flexibility index (Phi) is 5.18. The number of carbonyl (C=O) groups is 1. The van der Waals surface area contributed by atoms with Crippen molar-refractivity contribution in [3.63, 3.8) is 0 Å². The molecule has 0 aromatic heterocycles. The van der Waals surface area contributed by atoms with E-state index in [1.807, 2.05) is 25.1 Å². The van der Waals surface area contributed by atoms with Gasteiger partial charge >= 0.3 is 0 Å². The van der Waals surface area contributed by atoms with Crippen molar-refractivity contribution < 1.29 is 9.53 Å². The second kappa shape index (κ2) is 6.45. The lowest BCUT2D eigenvalue weighted by Gasteiger charge is -2.08. The first-order valence-electron chi connectivity index (χ1n) is 4.80. The SMILES string of the molecule is Cc1cc(Br)ccc1OCCCNC=O. The maximum atomic E-state index is 9.97. The lowest BCUT2D eigenvalue weighted by atomic mass is 10.2. The summed E-state index contributed by atoms with van der Waals surface area (Å²) in [7, 11) is 0. The molecule has 0 aliphatic rings. The monoisotopic (exact) mass is 271 g/mol. The molecule has 1 aromatic rings. The summed E-state index contributed by atoms with van der Waals surface area (Å²) in [6, 6.07) is 5.90. The van der Waals surface area contributed by atoms with Crippen LogP contribution >= 0.6 is 15.9 Å². The van der Waals surface area contributed by atoms with E-state index in [9.17, 15) is 4.79 Å². The molecule has 82 valence electrons. The average molecular weight is 272 g/mol. The third kappa shape index (κ3) is 4.34. The van der Waals surface area contributed by atoms with Crippen LogP contribution < -0.4 is 10.1 Å². The Hall–Kier alpha value is -1.03. The van der Waals surface area contributed by atoms with Crippen molar-refractivity contribution in [1.29, 1.82) is 0 Å². The second-order valence-corrected chi connectivity index (χ2v) is 4.10. The fourth-order valence-electron chi connectivity index (χ4n) is 1.19. The molecule has 1 rings (SSSR count). The quantitative estimate of drug-likeness (QED) is 0.637. The number of carbonyl (C=O) groups excluding carboxylic acids is 1. The molecule has 0 saturated carbocycles. The van der Waals surface area contributed by atoms with Crippen molar-refractivity contribution in [2.45, 2.75) is 13.3 Å². The molecule has 0 bridgehead atoms. The summed E-state index contributed by atoms with van der Waals surface area (Å²) in [6.45, 7) is 3.27. The van der Waals surface area contributed by atoms with Gasteiger partial charge < -0.3 is 10.1 Å². The van der Waals surface area contributed by atoms with E-state index in [-0.39, 0.29) is 0 Å². The van der Waals surface area contributed by atoms with Crippen LogP contribution in [0.5, 0.6) is 5.75 Å². The number of hydrogen-bond donors (Lipinski definition) is 1. The molecule has 0 heterocycles. The normalized spacial score (nSPS) is 9.73. The summed E-state index contributed by atoms with van der Waals surface area (Å²) in [5.74, 6) is 0.893. The predicted molar refractivity (Wildman–Crippen MR) is 63.1 cm³/mol. The second-order valence-electron chi connectivity index (χ2n) is 3.18. The average Bonchev–Trinajstić information content (AvgIpc) is 2.20. The third-order valence-electron chi connectivity index (χ3n) is 1.94. The molecule has 0 aliphatic heterocycles. The van der Waals surface area contributed by atoms with Gasteiger partial charge in [0.25, 0.3) is 0 Å². The Labute approximate surface area is 97.9 Å². The van der Waals surface area contributed by atoms with Crippen LogP contribution in [0.25, 0.3) is 0 Å². The number of aryl methyl sites for hydroxylation is 1. The molecule has 15 heavy (non-hydrogen) atoms. The summed E-state index contributed by atoms with van der Waals surface area (Å²) in [6.07, 6.45) is 1.51. The number of hydrogen-bond acceptors (Lipinski definition) is 2. The number of nitrogens with one attached hydrogen (secondary N) is 1. The highest BCUT2D eigenvalue weighted by Crippen LogP contribution is 2.22. The first-order chi connectivity index (χ1) is 7.24. The van der Waals surface area contributed by atoms with Gasteiger partial charge in [-0.3, -0.25) is 4.79 Å². The van der Waals surface area contributed by atoms with E-state index in [1.165, 1.54) is 0 Å². The van der Waals surface area contributed by atoms with Gasteiger partial charge in [-0.25, -0.2) is 0 Å². The Morgan fingerprint density at radius 2 is 2.33 bits per heavy atom. The number of ether oxygens (including phenoxy) is 1. The molecule has 0 atom stereocenters. The summed E-state index contributed by atoms with van der Waals surface area (Å²) in [4.78, 5) is 9.97. The molecule has 3 nitrogen and oxygen atoms in total. The van der Waals surface area contributed by atoms with Gasteiger partial charge in [0.05, 0.1) is 6.61 Å². The Morgan fingerprint density at radius 1 is 1.53 bits per heavy atom. The fraction of sp³-hybridized carbons (Fsp3) is 0.364. The standard InChI is InChI=1S/C11H14BrNO2/c1-9-7-10(12)3-4-11(9)15-6-2-5-13-8-14/h3-4,7-8H,2,5-6H2,1H3,(H,13,14). The Balaban J connectivity index is 2.34. The predicted octanol–water partition coefficient (Wildman–Crippen LogP) is 2.27. The summed E-state index contributed by atoms with van der Waals surface area (Å²) in [5.41, 5.74) is 1.10. The van der Waals surface area contributed by atoms with Gasteiger partial charge in [-0.05, 0) is 37.1 Å². The van der Waals surface area contributed by atoms with Crippen LogP contribution in [0.4, 0.5) is 0 Å². The van der Waals surface area contributed by atoms with Gasteiger partial charge in [0.15, 0.2) is 0 Å². The summed E-state index contributed by atoms with van der Waals surface area (Å²) < 4.78 is 6.61. The van der Waals surface area contributed by atoms with Crippen LogP contribution in [-0.4, -0.2) is 19.6 Å². The Bertz CT molecular complexity index is 328. The van der Waals surface area contributed by atoms with Crippen LogP contribution in [0.1, 0.15) is 12.0 Å². The van der Waals surface area contributed by atoms with Crippen molar-refractivity contribution in [2.75, 3.05) is 13.2 Å². The van der Waals surface area contributed by atoms with Gasteiger partial charge in [-0.2, -0.15) is 0 Å². The summed E-state index contributed by atoms with van der Waals surface area (Å²) >= 11 is 3.39. The van der Waals surface area contributed by atoms with Gasteiger partial charge in [0.2, 0.25) is 6.41 Å². The molecule has 0 radical (unpaired) electrons. The van der Waals surface area contributed by atoms with Gasteiger partial charge in [-0.1, -0.05) is 15.9 Å². The molecule has 1 aromatic carbocycles. The smallest absolute Gasteiger partial charge is 0.207 e. The van der Waals surface area contributed by atoms with E-state index < -0.39 is 0 Å². The first kappa shape index (κ1) is 12.0. The lowest BCUT2D eigenvalue weighted by molar-refractivity contribution is -0.109. The van der Waals surface area contributed by atoms with Crippen LogP contribution in [0, 0.1) is 6.92 Å². The molecule has 1 N–H and O–H groups in total. The number of amides is 1. The van der Waals surface area contributed by atoms with E-state index in [4.69, 9.17) is 4.74 Å². The van der Waals surface area contributed by atoms with Crippen LogP contribution in [0.15, 0.2) is 22.7 Å². The van der Waals surface area contributed by atoms with E-state index in [0.29, 0.717) is 19.6 Å². The number of benzene rings is 1. The van der Waals surface area contributed by atoms with E-state index in [2.05, 4.69) is 21.2 Å². The highest BCUT2D eigenvalue weighted by molar-refractivity contribution is 9.10. The fourth-order valence-corrected chi connectivity index (χ4v) is 1.67. The van der Waals surface area contributed by atoms with Crippen molar-refractivity contribution in [3.8, 4) is 5.75 Å². The van der Waals surface area contributed by atoms with Crippen LogP contribution in [0.2, 0.25) is 0 Å². The largest absolute Gasteiger partial charge is 0.493 e. The van der Waals surface area contributed by atoms with Crippen molar-refractivity contribution in [2.24, 2.45) is 0 Å². The molecule has 0 aliphatic carbocycles. The first-order valence-corrected chi connectivity index (χ1v) is 5.59. The van der Waals surface area contributed by atoms with E-state index >= 15 is 0 Å². The number of halogens is 1. The molecule has 0 saturated heterocycles. The highest BCUT2D eigenvalue weighted by Gasteiger charge is 1.99. The maximum absolute atomic E-state index is 9.97. The lowest BCUT2D eigenvalue weighted by Crippen LogP contribution is -2.15. The minimum absolute atomic E-state index is 0.614. The van der Waals surface area contributed by atoms with Crippen molar-refractivity contribution >= 4 is 22.3 Å². The molecule has 0 fully saturated rings. The molecule has 0 spiro atoms. The molecular weight excluding hydrogens is 258 g/mol. The third-order valence-corrected chi connectivity index (χ3v) is 2.44. The zero-order valence-electron chi connectivity index (χ0n) is 8.63. The van der Waals surface area contributed by atoms with Crippen LogP contribution in [-0.2, 0) is 4.79 Å². The highest BCUT2D eigenvalue weighted by atomic mass is 79.9. The zero-order chi connectivity index (χ0) is 11.1. The molecule has 1 amide bonds. The minimum Gasteiger partial charge on any atom is -0.493 e. The molecule has 4 heteroatoms. The molecular formula is C11H14BrNO2. The van der Waals surface area contributed by atoms with Crippen LogP contribution in [0.3, 0.4) is 0 Å².